The van der Waals surface area contributed by atoms with E-state index in [0.717, 1.165) is 28.5 Å². The van der Waals surface area contributed by atoms with Crippen LogP contribution < -0.4 is 4.74 Å². The number of hydrogen-bond acceptors (Lipinski definition) is 4. The van der Waals surface area contributed by atoms with Crippen molar-refractivity contribution >= 4 is 22.5 Å². The molecule has 29 heavy (non-hydrogen) atoms. The number of amides is 1. The van der Waals surface area contributed by atoms with Gasteiger partial charge in [-0.15, -0.1) is 10.2 Å². The van der Waals surface area contributed by atoms with E-state index in [1.54, 1.807) is 6.07 Å². The summed E-state index contributed by atoms with van der Waals surface area (Å²) in [5.41, 5.74) is 3.19. The highest BCUT2D eigenvalue weighted by Crippen LogP contribution is 2.39. The molecule has 1 N–H and O–H groups in total. The molecule has 0 radical (unpaired) electrons. The lowest BCUT2D eigenvalue weighted by molar-refractivity contribution is -0.120. The van der Waals surface area contributed by atoms with Crippen LogP contribution in [0, 0.1) is 19.8 Å². The zero-order valence-electron chi connectivity index (χ0n) is 17.3. The van der Waals surface area contributed by atoms with Crippen molar-refractivity contribution in [1.29, 1.82) is 0 Å². The fourth-order valence-corrected chi connectivity index (χ4v) is 3.14. The summed E-state index contributed by atoms with van der Waals surface area (Å²) in [6.45, 7) is 8.63. The first-order chi connectivity index (χ1) is 13.9. The van der Waals surface area contributed by atoms with E-state index in [4.69, 9.17) is 4.74 Å². The van der Waals surface area contributed by atoms with Gasteiger partial charge in [-0.3, -0.25) is 4.79 Å². The highest BCUT2D eigenvalue weighted by atomic mass is 16.5. The molecule has 0 saturated carbocycles. The molecule has 1 heterocycles. The van der Waals surface area contributed by atoms with Gasteiger partial charge in [-0.05, 0) is 49.9 Å². The molecule has 0 saturated heterocycles. The van der Waals surface area contributed by atoms with Gasteiger partial charge >= 0.3 is 5.91 Å². The molecule has 1 aromatic heterocycles. The van der Waals surface area contributed by atoms with Crippen LogP contribution in [0.4, 0.5) is 5.69 Å². The average Bonchev–Trinajstić information content (AvgIpc) is 2.94. The summed E-state index contributed by atoms with van der Waals surface area (Å²) in [7, 11) is 0. The minimum absolute atomic E-state index is 0.0302. The van der Waals surface area contributed by atoms with Gasteiger partial charge in [0.1, 0.15) is 5.75 Å². The third kappa shape index (κ3) is 4.83. The first-order valence-corrected chi connectivity index (χ1v) is 9.81. The van der Waals surface area contributed by atoms with E-state index in [1.165, 1.54) is 0 Å². The van der Waals surface area contributed by atoms with Gasteiger partial charge in [-0.25, -0.2) is 0 Å². The minimum Gasteiger partial charge on any atom is -0.493 e. The predicted octanol–water partition coefficient (Wildman–Crippen LogP) is 5.70. The van der Waals surface area contributed by atoms with Gasteiger partial charge in [0.05, 0.1) is 5.52 Å². The number of para-hydroxylation sites is 1. The van der Waals surface area contributed by atoms with E-state index in [2.05, 4.69) is 24.1 Å². The van der Waals surface area contributed by atoms with Crippen molar-refractivity contribution in [2.24, 2.45) is 16.1 Å². The van der Waals surface area contributed by atoms with Gasteiger partial charge in [0.25, 0.3) is 0 Å². The van der Waals surface area contributed by atoms with Crippen molar-refractivity contribution < 1.29 is 14.6 Å². The Hall–Kier alpha value is -3.15. The molecule has 0 aliphatic rings. The number of fused-ring (bicyclic) bond motifs is 1. The minimum atomic E-state index is -0.511. The molecule has 0 spiro atoms. The second-order valence-electron chi connectivity index (χ2n) is 7.67. The number of carbonyl (C=O) groups excluding carboxylic acids is 1. The van der Waals surface area contributed by atoms with Crippen LogP contribution in [0.2, 0.25) is 0 Å². The molecule has 3 aromatic rings. The van der Waals surface area contributed by atoms with Crippen LogP contribution in [0.3, 0.4) is 0 Å². The fourth-order valence-electron chi connectivity index (χ4n) is 3.14. The maximum absolute atomic E-state index is 12.2. The molecule has 0 aliphatic carbocycles. The number of aromatic hydroxyl groups is 1. The molecule has 3 rings (SSSR count). The van der Waals surface area contributed by atoms with Gasteiger partial charge in [0.15, 0.2) is 12.3 Å². The molecule has 0 unspecified atom stereocenters. The van der Waals surface area contributed by atoms with Crippen LogP contribution in [0.25, 0.3) is 10.9 Å². The monoisotopic (exact) mass is 393 g/mol. The molecule has 2 aromatic carbocycles. The molecule has 0 bridgehead atoms. The maximum atomic E-state index is 12.2. The number of aryl methyl sites for hydroxylation is 3. The van der Waals surface area contributed by atoms with Crippen LogP contribution in [-0.2, 0) is 11.3 Å². The van der Waals surface area contributed by atoms with Crippen LogP contribution in [-0.4, -0.2) is 22.2 Å². The summed E-state index contributed by atoms with van der Waals surface area (Å²) in [5, 5.41) is 19.4. The van der Waals surface area contributed by atoms with Crippen molar-refractivity contribution in [3.05, 3.63) is 53.6 Å². The Morgan fingerprint density at radius 2 is 1.93 bits per heavy atom. The first kappa shape index (κ1) is 20.6. The lowest BCUT2D eigenvalue weighted by atomic mass is 10.1. The van der Waals surface area contributed by atoms with Crippen molar-refractivity contribution in [3.8, 4) is 11.6 Å². The largest absolute Gasteiger partial charge is 0.493 e. The van der Waals surface area contributed by atoms with E-state index >= 15 is 0 Å². The van der Waals surface area contributed by atoms with Crippen molar-refractivity contribution in [3.63, 3.8) is 0 Å². The number of ether oxygens (including phenoxy) is 1. The summed E-state index contributed by atoms with van der Waals surface area (Å²) in [6.07, 6.45) is 0.922. The van der Waals surface area contributed by atoms with Gasteiger partial charge in [0.2, 0.25) is 5.88 Å². The van der Waals surface area contributed by atoms with Gasteiger partial charge < -0.3 is 14.4 Å². The summed E-state index contributed by atoms with van der Waals surface area (Å²) in [5.74, 6) is 0.661. The normalized spacial score (nSPS) is 11.6. The zero-order valence-corrected chi connectivity index (χ0v) is 17.3. The molecule has 6 heteroatoms. The number of aromatic nitrogens is 1. The highest BCUT2D eigenvalue weighted by molar-refractivity contribution is 5.95. The Kier molecular flexibility index (Phi) is 6.32. The highest BCUT2D eigenvalue weighted by Gasteiger charge is 2.17. The summed E-state index contributed by atoms with van der Waals surface area (Å²) >= 11 is 0. The van der Waals surface area contributed by atoms with E-state index in [0.29, 0.717) is 23.9 Å². The molecule has 152 valence electrons. The molecular formula is C23H27N3O3. The van der Waals surface area contributed by atoms with Gasteiger partial charge in [-0.2, -0.15) is 0 Å². The number of hydrogen-bond donors (Lipinski definition) is 1. The van der Waals surface area contributed by atoms with E-state index in [9.17, 15) is 9.90 Å². The van der Waals surface area contributed by atoms with E-state index in [1.807, 2.05) is 54.8 Å². The Bertz CT molecular complexity index is 1050. The lowest BCUT2D eigenvalue weighted by Crippen LogP contribution is -2.08. The molecule has 0 atom stereocenters. The number of azo groups is 1. The molecule has 0 fully saturated rings. The Labute approximate surface area is 170 Å². The standard InChI is InChI=1S/C23H27N3O3/c1-15(2)11-12-26-19-10-9-16(3)13-18(19)22(23(26)28)25-24-21(27)14-29-20-8-6-5-7-17(20)4/h5-10,13,15,28H,11-12,14H2,1-4H3. The summed E-state index contributed by atoms with van der Waals surface area (Å²) in [6, 6.07) is 13.4. The van der Waals surface area contributed by atoms with Crippen molar-refractivity contribution in [1.82, 2.24) is 4.57 Å². The summed E-state index contributed by atoms with van der Waals surface area (Å²) in [4.78, 5) is 12.2. The molecule has 0 aliphatic heterocycles. The third-order valence-electron chi connectivity index (χ3n) is 4.80. The number of rotatable bonds is 7. The Morgan fingerprint density at radius 1 is 1.17 bits per heavy atom. The molecular weight excluding hydrogens is 366 g/mol. The Balaban J connectivity index is 1.83. The van der Waals surface area contributed by atoms with Gasteiger partial charge in [-0.1, -0.05) is 43.7 Å². The van der Waals surface area contributed by atoms with Crippen molar-refractivity contribution in [2.75, 3.05) is 6.61 Å². The molecule has 1 amide bonds. The topological polar surface area (TPSA) is 76.2 Å². The quantitative estimate of drug-likeness (QED) is 0.523. The number of nitrogens with zero attached hydrogens (tertiary/aromatic N) is 3. The lowest BCUT2D eigenvalue weighted by Gasteiger charge is -2.09. The first-order valence-electron chi connectivity index (χ1n) is 9.81. The van der Waals surface area contributed by atoms with Crippen molar-refractivity contribution in [2.45, 2.75) is 40.7 Å². The smallest absolute Gasteiger partial charge is 0.302 e. The predicted molar refractivity (Wildman–Crippen MR) is 114 cm³/mol. The van der Waals surface area contributed by atoms with Crippen LogP contribution >= 0.6 is 0 Å². The number of benzene rings is 2. The zero-order chi connectivity index (χ0) is 21.0. The van der Waals surface area contributed by atoms with E-state index in [-0.39, 0.29) is 12.5 Å². The van der Waals surface area contributed by atoms with Crippen LogP contribution in [0.5, 0.6) is 11.6 Å². The van der Waals surface area contributed by atoms with Gasteiger partial charge in [0, 0.05) is 11.9 Å². The average molecular weight is 393 g/mol. The Morgan fingerprint density at radius 3 is 2.66 bits per heavy atom. The molecule has 6 nitrogen and oxygen atoms in total. The fraction of sp³-hybridized carbons (Fsp3) is 0.348. The third-order valence-corrected chi connectivity index (χ3v) is 4.80. The maximum Gasteiger partial charge on any atom is 0.302 e. The van der Waals surface area contributed by atoms with E-state index < -0.39 is 5.91 Å². The SMILES string of the molecule is Cc1ccc2c(c1)c(N=NC(=O)COc1ccccc1C)c(O)n2CCC(C)C. The second kappa shape index (κ2) is 8.90. The van der Waals surface area contributed by atoms with Crippen LogP contribution in [0.15, 0.2) is 52.7 Å². The summed E-state index contributed by atoms with van der Waals surface area (Å²) < 4.78 is 7.35. The number of carbonyl (C=O) groups is 1. The van der Waals surface area contributed by atoms with Crippen LogP contribution in [0.1, 0.15) is 31.4 Å². The second-order valence-corrected chi connectivity index (χ2v) is 7.67.